The van der Waals surface area contributed by atoms with Crippen molar-refractivity contribution >= 4 is 0 Å². The summed E-state index contributed by atoms with van der Waals surface area (Å²) in [5.74, 6) is 0. The Balaban J connectivity index is 1.92. The quantitative estimate of drug-likeness (QED) is 0.839. The molecule has 0 aromatic heterocycles. The van der Waals surface area contributed by atoms with E-state index in [0.717, 1.165) is 12.1 Å². The first kappa shape index (κ1) is 11.2. The molecule has 0 radical (unpaired) electrons. The Morgan fingerprint density at radius 1 is 1.25 bits per heavy atom. The van der Waals surface area contributed by atoms with E-state index in [9.17, 15) is 0 Å². The lowest BCUT2D eigenvalue weighted by molar-refractivity contribution is 0.363. The first-order chi connectivity index (χ1) is 7.72. The lowest BCUT2D eigenvalue weighted by Gasteiger charge is -2.25. The van der Waals surface area contributed by atoms with Gasteiger partial charge < -0.3 is 5.32 Å². The largest absolute Gasteiger partial charge is 0.307 e. The van der Waals surface area contributed by atoms with Crippen LogP contribution in [0.5, 0.6) is 0 Å². The van der Waals surface area contributed by atoms with Crippen LogP contribution in [0, 0.1) is 11.3 Å². The Kier molecular flexibility index (Phi) is 3.26. The third-order valence-corrected chi connectivity index (χ3v) is 3.51. The van der Waals surface area contributed by atoms with Crippen molar-refractivity contribution in [3.05, 3.63) is 35.4 Å². The van der Waals surface area contributed by atoms with Crippen molar-refractivity contribution in [1.29, 1.82) is 5.26 Å². The van der Waals surface area contributed by atoms with Gasteiger partial charge in [0.1, 0.15) is 0 Å². The number of benzene rings is 1. The Morgan fingerprint density at radius 3 is 2.44 bits per heavy atom. The van der Waals surface area contributed by atoms with Crippen LogP contribution in [-0.2, 0) is 6.54 Å². The van der Waals surface area contributed by atoms with E-state index in [2.05, 4.69) is 18.3 Å². The van der Waals surface area contributed by atoms with Gasteiger partial charge in [0.2, 0.25) is 0 Å². The fourth-order valence-corrected chi connectivity index (χ4v) is 2.34. The van der Waals surface area contributed by atoms with Gasteiger partial charge in [-0.2, -0.15) is 5.26 Å². The summed E-state index contributed by atoms with van der Waals surface area (Å²) in [6.07, 6.45) is 5.25. The number of nitriles is 1. The minimum Gasteiger partial charge on any atom is -0.307 e. The van der Waals surface area contributed by atoms with E-state index in [4.69, 9.17) is 5.26 Å². The van der Waals surface area contributed by atoms with Crippen LogP contribution in [0.4, 0.5) is 0 Å². The number of nitrogens with one attached hydrogen (secondary N) is 1. The highest BCUT2D eigenvalue weighted by Crippen LogP contribution is 2.29. The minimum atomic E-state index is 0.327. The molecule has 2 nitrogen and oxygen atoms in total. The molecule has 0 heterocycles. The van der Waals surface area contributed by atoms with Crippen LogP contribution in [0.1, 0.15) is 43.7 Å². The number of nitrogens with zero attached hydrogens (tertiary/aromatic N) is 1. The second-order valence-electron chi connectivity index (χ2n) is 4.93. The second-order valence-corrected chi connectivity index (χ2v) is 4.93. The minimum absolute atomic E-state index is 0.327. The van der Waals surface area contributed by atoms with Crippen LogP contribution in [0.2, 0.25) is 0 Å². The van der Waals surface area contributed by atoms with Gasteiger partial charge in [0.25, 0.3) is 0 Å². The maximum atomic E-state index is 8.71. The molecule has 2 heteroatoms. The molecule has 1 aromatic carbocycles. The van der Waals surface area contributed by atoms with E-state index in [1.165, 1.54) is 31.2 Å². The highest BCUT2D eigenvalue weighted by molar-refractivity contribution is 5.31. The lowest BCUT2D eigenvalue weighted by Crippen LogP contribution is -2.38. The van der Waals surface area contributed by atoms with Crippen molar-refractivity contribution in [3.8, 4) is 6.07 Å². The predicted octanol–water partition coefficient (Wildman–Crippen LogP) is 2.98. The smallest absolute Gasteiger partial charge is 0.0991 e. The molecule has 0 bridgehead atoms. The molecular weight excluding hydrogens is 196 g/mol. The summed E-state index contributed by atoms with van der Waals surface area (Å²) >= 11 is 0. The molecule has 0 saturated heterocycles. The maximum Gasteiger partial charge on any atom is 0.0991 e. The molecule has 1 fully saturated rings. The van der Waals surface area contributed by atoms with Gasteiger partial charge in [0, 0.05) is 12.1 Å². The van der Waals surface area contributed by atoms with E-state index in [1.54, 1.807) is 0 Å². The topological polar surface area (TPSA) is 35.8 Å². The van der Waals surface area contributed by atoms with E-state index < -0.39 is 0 Å². The molecule has 1 aliphatic carbocycles. The van der Waals surface area contributed by atoms with Gasteiger partial charge in [0.15, 0.2) is 0 Å². The van der Waals surface area contributed by atoms with Gasteiger partial charge in [-0.3, -0.25) is 0 Å². The summed E-state index contributed by atoms with van der Waals surface area (Å²) in [7, 11) is 0. The summed E-state index contributed by atoms with van der Waals surface area (Å²) in [5.41, 5.74) is 2.32. The van der Waals surface area contributed by atoms with Gasteiger partial charge in [-0.1, -0.05) is 25.0 Å². The van der Waals surface area contributed by atoms with Crippen LogP contribution in [0.25, 0.3) is 0 Å². The molecule has 0 atom stereocenters. The second kappa shape index (κ2) is 4.67. The molecule has 0 aliphatic heterocycles. The van der Waals surface area contributed by atoms with E-state index >= 15 is 0 Å². The number of hydrogen-bond acceptors (Lipinski definition) is 2. The van der Waals surface area contributed by atoms with Crippen molar-refractivity contribution in [2.45, 2.75) is 44.7 Å². The zero-order valence-electron chi connectivity index (χ0n) is 9.79. The third kappa shape index (κ3) is 2.62. The van der Waals surface area contributed by atoms with Crippen LogP contribution in [0.3, 0.4) is 0 Å². The number of hydrogen-bond donors (Lipinski definition) is 1. The molecule has 0 spiro atoms. The molecule has 1 aliphatic rings. The fourth-order valence-electron chi connectivity index (χ4n) is 2.34. The molecule has 0 unspecified atom stereocenters. The Hall–Kier alpha value is -1.33. The number of rotatable bonds is 3. The van der Waals surface area contributed by atoms with Crippen LogP contribution in [0.15, 0.2) is 24.3 Å². The third-order valence-electron chi connectivity index (χ3n) is 3.51. The first-order valence-corrected chi connectivity index (χ1v) is 5.96. The molecule has 1 saturated carbocycles. The average Bonchev–Trinajstić information content (AvgIpc) is 2.75. The molecule has 84 valence electrons. The standard InChI is InChI=1S/C14H18N2/c1-14(8-2-3-9-14)16-11-13-6-4-12(10-15)5-7-13/h4-7,16H,2-3,8-9,11H2,1H3. The van der Waals surface area contributed by atoms with Gasteiger partial charge >= 0.3 is 0 Å². The molecule has 1 N–H and O–H groups in total. The predicted molar refractivity (Wildman–Crippen MR) is 64.9 cm³/mol. The Bertz CT molecular complexity index is 380. The summed E-state index contributed by atoms with van der Waals surface area (Å²) < 4.78 is 0. The van der Waals surface area contributed by atoms with Crippen molar-refractivity contribution in [3.63, 3.8) is 0 Å². The summed E-state index contributed by atoms with van der Waals surface area (Å²) in [4.78, 5) is 0. The molecule has 0 amide bonds. The monoisotopic (exact) mass is 214 g/mol. The van der Waals surface area contributed by atoms with Crippen LogP contribution >= 0.6 is 0 Å². The van der Waals surface area contributed by atoms with Gasteiger partial charge in [-0.25, -0.2) is 0 Å². The van der Waals surface area contributed by atoms with E-state index in [-0.39, 0.29) is 0 Å². The molecular formula is C14H18N2. The van der Waals surface area contributed by atoms with Gasteiger partial charge in [-0.15, -0.1) is 0 Å². The van der Waals surface area contributed by atoms with Crippen molar-refractivity contribution < 1.29 is 0 Å². The van der Waals surface area contributed by atoms with Crippen LogP contribution in [-0.4, -0.2) is 5.54 Å². The van der Waals surface area contributed by atoms with Crippen LogP contribution < -0.4 is 5.32 Å². The van der Waals surface area contributed by atoms with Gasteiger partial charge in [-0.05, 0) is 37.5 Å². The molecule has 1 aromatic rings. The lowest BCUT2D eigenvalue weighted by atomic mass is 10.0. The van der Waals surface area contributed by atoms with Crippen molar-refractivity contribution in [1.82, 2.24) is 5.32 Å². The van der Waals surface area contributed by atoms with E-state index in [1.807, 2.05) is 24.3 Å². The van der Waals surface area contributed by atoms with E-state index in [0.29, 0.717) is 5.54 Å². The zero-order chi connectivity index (χ0) is 11.4. The summed E-state index contributed by atoms with van der Waals surface area (Å²) in [5, 5.41) is 12.3. The highest BCUT2D eigenvalue weighted by atomic mass is 15.0. The summed E-state index contributed by atoms with van der Waals surface area (Å²) in [6, 6.07) is 9.97. The summed E-state index contributed by atoms with van der Waals surface area (Å²) in [6.45, 7) is 3.21. The Labute approximate surface area is 97.3 Å². The van der Waals surface area contributed by atoms with Crippen molar-refractivity contribution in [2.24, 2.45) is 0 Å². The fraction of sp³-hybridized carbons (Fsp3) is 0.500. The molecule has 2 rings (SSSR count). The zero-order valence-corrected chi connectivity index (χ0v) is 9.79. The molecule has 16 heavy (non-hydrogen) atoms. The normalized spacial score (nSPS) is 18.2. The van der Waals surface area contributed by atoms with Gasteiger partial charge in [0.05, 0.1) is 11.6 Å². The van der Waals surface area contributed by atoms with Crippen molar-refractivity contribution in [2.75, 3.05) is 0 Å². The maximum absolute atomic E-state index is 8.71. The SMILES string of the molecule is CC1(NCc2ccc(C#N)cc2)CCCC1. The Morgan fingerprint density at radius 2 is 1.88 bits per heavy atom. The first-order valence-electron chi connectivity index (χ1n) is 5.96. The average molecular weight is 214 g/mol. The highest BCUT2D eigenvalue weighted by Gasteiger charge is 2.27.